The number of allylic oxidation sites excluding steroid dienone is 1. The van der Waals surface area contributed by atoms with E-state index in [4.69, 9.17) is 0 Å². The number of carbonyl (C=O) groups excluding carboxylic acids is 3. The van der Waals surface area contributed by atoms with E-state index in [1.165, 1.54) is 44.5 Å². The lowest BCUT2D eigenvalue weighted by atomic mass is 9.99. The smallest absolute Gasteiger partial charge is 0.186 e. The first-order chi connectivity index (χ1) is 20.1. The maximum absolute atomic E-state index is 12.3. The van der Waals surface area contributed by atoms with E-state index in [0.717, 1.165) is 39.7 Å². The molecule has 4 rings (SSSR count). The normalized spacial score (nSPS) is 10.4. The second-order valence-corrected chi connectivity index (χ2v) is 11.6. The van der Waals surface area contributed by atoms with Gasteiger partial charge in [-0.3, -0.25) is 14.4 Å². The Labute approximate surface area is 258 Å². The van der Waals surface area contributed by atoms with Gasteiger partial charge in [0.1, 0.15) is 6.29 Å². The molecular formula is C40H46O3. The molecule has 0 bridgehead atoms. The number of carbonyl (C=O) groups is 3. The molecule has 0 amide bonds. The van der Waals surface area contributed by atoms with Crippen LogP contribution < -0.4 is 0 Å². The number of hydrogen-bond donors (Lipinski definition) is 0. The molecular weight excluding hydrogens is 528 g/mol. The molecule has 0 radical (unpaired) electrons. The molecule has 43 heavy (non-hydrogen) atoms. The van der Waals surface area contributed by atoms with E-state index in [1.807, 2.05) is 96.1 Å². The van der Waals surface area contributed by atoms with E-state index in [0.29, 0.717) is 0 Å². The fourth-order valence-electron chi connectivity index (χ4n) is 4.86. The molecule has 0 spiro atoms. The molecule has 0 fully saturated rings. The second-order valence-electron chi connectivity index (χ2n) is 11.6. The summed E-state index contributed by atoms with van der Waals surface area (Å²) in [5.41, 5.74) is 15.4. The topological polar surface area (TPSA) is 51.2 Å². The predicted octanol–water partition coefficient (Wildman–Crippen LogP) is 10.1. The molecule has 4 aromatic rings. The number of Topliss-reactive ketones (excluding diaryl/α,β-unsaturated/α-hetero) is 1. The Kier molecular flexibility index (Phi) is 12.8. The molecule has 0 saturated heterocycles. The van der Waals surface area contributed by atoms with Gasteiger partial charge in [-0.2, -0.15) is 0 Å². The van der Waals surface area contributed by atoms with Crippen LogP contribution in [-0.2, 0) is 0 Å². The Bertz CT molecular complexity index is 1620. The van der Waals surface area contributed by atoms with Crippen molar-refractivity contribution in [3.63, 3.8) is 0 Å². The molecule has 4 aromatic carbocycles. The van der Waals surface area contributed by atoms with Crippen LogP contribution in [0, 0.1) is 69.2 Å². The van der Waals surface area contributed by atoms with Crippen LogP contribution in [0.3, 0.4) is 0 Å². The fourth-order valence-corrected chi connectivity index (χ4v) is 4.86. The summed E-state index contributed by atoms with van der Waals surface area (Å²) in [5, 5.41) is 0. The van der Waals surface area contributed by atoms with Crippen molar-refractivity contribution in [3.05, 3.63) is 145 Å². The Morgan fingerprint density at radius 1 is 0.512 bits per heavy atom. The zero-order valence-corrected chi connectivity index (χ0v) is 27.7. The maximum atomic E-state index is 12.3. The van der Waals surface area contributed by atoms with Gasteiger partial charge in [-0.1, -0.05) is 65.7 Å². The molecule has 0 aliphatic heterocycles. The van der Waals surface area contributed by atoms with Crippen LogP contribution in [0.4, 0.5) is 0 Å². The van der Waals surface area contributed by atoms with Crippen molar-refractivity contribution in [3.8, 4) is 0 Å². The van der Waals surface area contributed by atoms with Crippen molar-refractivity contribution in [2.24, 2.45) is 0 Å². The third kappa shape index (κ3) is 10.1. The Morgan fingerprint density at radius 2 is 0.907 bits per heavy atom. The predicted molar refractivity (Wildman–Crippen MR) is 182 cm³/mol. The minimum Gasteiger partial charge on any atom is -0.298 e. The van der Waals surface area contributed by atoms with Gasteiger partial charge in [0.05, 0.1) is 0 Å². The van der Waals surface area contributed by atoms with Crippen molar-refractivity contribution in [2.45, 2.75) is 76.2 Å². The highest BCUT2D eigenvalue weighted by Gasteiger charge is 2.06. The Morgan fingerprint density at radius 3 is 1.28 bits per heavy atom. The van der Waals surface area contributed by atoms with Crippen molar-refractivity contribution >= 4 is 23.9 Å². The number of ketones is 2. The molecule has 0 saturated carbocycles. The number of aryl methyl sites for hydroxylation is 8. The molecule has 0 aromatic heterocycles. The average molecular weight is 575 g/mol. The molecule has 0 heterocycles. The summed E-state index contributed by atoms with van der Waals surface area (Å²) >= 11 is 0. The third-order valence-electron chi connectivity index (χ3n) is 7.87. The van der Waals surface area contributed by atoms with Crippen molar-refractivity contribution in [1.82, 2.24) is 0 Å². The van der Waals surface area contributed by atoms with Gasteiger partial charge >= 0.3 is 0 Å². The molecule has 0 N–H and O–H groups in total. The highest BCUT2D eigenvalue weighted by molar-refractivity contribution is 6.07. The standard InChI is InChI=1S/C20H22O.2C10H12O/c1-13-6-8-19(16(4)10-13)20(21)9-7-18-11-14(2)17(5)15(3)12-18;1-7-4-10(6-11)5-8(2)9(7)3;1-7-4-5-10(9(3)11)8(2)6-7/h6-12H,1-5H3;2*4-6H,1-3H3/b9-7+;;. The minimum atomic E-state index is 0.0587. The summed E-state index contributed by atoms with van der Waals surface area (Å²) in [6.45, 7) is 22.0. The Balaban J connectivity index is 0.000000247. The number of benzene rings is 4. The number of rotatable bonds is 5. The summed E-state index contributed by atoms with van der Waals surface area (Å²) in [7, 11) is 0. The molecule has 0 aliphatic carbocycles. The highest BCUT2D eigenvalue weighted by Crippen LogP contribution is 2.18. The minimum absolute atomic E-state index is 0.0587. The van der Waals surface area contributed by atoms with Crippen molar-refractivity contribution in [2.75, 3.05) is 0 Å². The van der Waals surface area contributed by atoms with E-state index in [9.17, 15) is 14.4 Å². The van der Waals surface area contributed by atoms with E-state index < -0.39 is 0 Å². The van der Waals surface area contributed by atoms with Crippen LogP contribution in [-0.4, -0.2) is 17.9 Å². The lowest BCUT2D eigenvalue weighted by molar-refractivity contribution is 0.101. The van der Waals surface area contributed by atoms with Gasteiger partial charge in [-0.15, -0.1) is 0 Å². The van der Waals surface area contributed by atoms with Gasteiger partial charge in [-0.25, -0.2) is 0 Å². The van der Waals surface area contributed by atoms with Gasteiger partial charge in [0.15, 0.2) is 11.6 Å². The zero-order valence-electron chi connectivity index (χ0n) is 27.7. The van der Waals surface area contributed by atoms with Gasteiger partial charge in [0.25, 0.3) is 0 Å². The highest BCUT2D eigenvalue weighted by atomic mass is 16.1. The van der Waals surface area contributed by atoms with Crippen LogP contribution in [0.15, 0.2) is 66.7 Å². The average Bonchev–Trinajstić information content (AvgIpc) is 2.93. The number of aldehydes is 1. The van der Waals surface area contributed by atoms with Gasteiger partial charge in [0, 0.05) is 16.7 Å². The van der Waals surface area contributed by atoms with Crippen LogP contribution >= 0.6 is 0 Å². The third-order valence-corrected chi connectivity index (χ3v) is 7.87. The summed E-state index contributed by atoms with van der Waals surface area (Å²) in [6, 6.07) is 19.9. The first-order valence-electron chi connectivity index (χ1n) is 14.6. The van der Waals surface area contributed by atoms with Crippen molar-refractivity contribution < 1.29 is 14.4 Å². The van der Waals surface area contributed by atoms with E-state index >= 15 is 0 Å². The zero-order chi connectivity index (χ0) is 32.4. The van der Waals surface area contributed by atoms with Crippen LogP contribution in [0.5, 0.6) is 0 Å². The summed E-state index contributed by atoms with van der Waals surface area (Å²) in [4.78, 5) is 33.7. The lowest BCUT2D eigenvalue weighted by Crippen LogP contribution is -1.98. The van der Waals surface area contributed by atoms with Crippen LogP contribution in [0.25, 0.3) is 6.08 Å². The SMILES string of the molecule is CC(=O)c1ccc(C)cc1C.Cc1cc(C=O)cc(C)c1C.Cc1ccc(C(=O)/C=C/c2cc(C)c(C)c(C)c2)c(C)c1. The molecule has 3 nitrogen and oxygen atoms in total. The van der Waals surface area contributed by atoms with Gasteiger partial charge in [0.2, 0.25) is 0 Å². The Hall–Kier alpha value is -4.37. The van der Waals surface area contributed by atoms with E-state index in [1.54, 1.807) is 13.0 Å². The molecule has 3 heteroatoms. The summed E-state index contributed by atoms with van der Waals surface area (Å²) in [5.74, 6) is 0.200. The summed E-state index contributed by atoms with van der Waals surface area (Å²) in [6.07, 6.45) is 4.46. The molecule has 0 atom stereocenters. The summed E-state index contributed by atoms with van der Waals surface area (Å²) < 4.78 is 0. The van der Waals surface area contributed by atoms with Crippen molar-refractivity contribution in [1.29, 1.82) is 0 Å². The number of hydrogen-bond acceptors (Lipinski definition) is 3. The molecule has 0 aliphatic rings. The monoisotopic (exact) mass is 574 g/mol. The largest absolute Gasteiger partial charge is 0.298 e. The van der Waals surface area contributed by atoms with E-state index in [2.05, 4.69) is 39.8 Å². The quantitative estimate of drug-likeness (QED) is 0.135. The lowest BCUT2D eigenvalue weighted by Gasteiger charge is -2.06. The molecule has 224 valence electrons. The maximum Gasteiger partial charge on any atom is 0.186 e. The van der Waals surface area contributed by atoms with Crippen LogP contribution in [0.2, 0.25) is 0 Å². The van der Waals surface area contributed by atoms with Gasteiger partial charge in [-0.05, 0) is 144 Å². The first kappa shape index (κ1) is 34.8. The second kappa shape index (κ2) is 15.7. The fraction of sp³-hybridized carbons (Fsp3) is 0.275. The molecule has 0 unspecified atom stereocenters. The van der Waals surface area contributed by atoms with Gasteiger partial charge < -0.3 is 0 Å². The van der Waals surface area contributed by atoms with E-state index in [-0.39, 0.29) is 11.6 Å². The first-order valence-corrected chi connectivity index (χ1v) is 14.6. The van der Waals surface area contributed by atoms with Crippen LogP contribution in [0.1, 0.15) is 99.2 Å².